The summed E-state index contributed by atoms with van der Waals surface area (Å²) in [6, 6.07) is 11.2. The summed E-state index contributed by atoms with van der Waals surface area (Å²) in [7, 11) is 2.24. The van der Waals surface area contributed by atoms with Crippen LogP contribution in [-0.4, -0.2) is 25.0 Å². The molecule has 17 heavy (non-hydrogen) atoms. The van der Waals surface area contributed by atoms with Crippen molar-refractivity contribution in [2.45, 2.75) is 38.5 Å². The summed E-state index contributed by atoms with van der Waals surface area (Å²) >= 11 is 0. The van der Waals surface area contributed by atoms with E-state index in [9.17, 15) is 0 Å². The molecule has 0 spiro atoms. The fraction of sp³-hybridized carbons (Fsp3) is 0.625. The van der Waals surface area contributed by atoms with Crippen molar-refractivity contribution in [3.63, 3.8) is 0 Å². The Hall–Kier alpha value is -0.820. The molecule has 1 aliphatic heterocycles. The molecule has 1 aliphatic rings. The van der Waals surface area contributed by atoms with Gasteiger partial charge in [0.15, 0.2) is 0 Å². The molecule has 1 nitrogen and oxygen atoms in total. The highest BCUT2D eigenvalue weighted by atomic mass is 15.1. The monoisotopic (exact) mass is 231 g/mol. The van der Waals surface area contributed by atoms with E-state index >= 15 is 0 Å². The lowest BCUT2D eigenvalue weighted by molar-refractivity contribution is 0.136. The van der Waals surface area contributed by atoms with Crippen molar-refractivity contribution < 1.29 is 0 Å². The van der Waals surface area contributed by atoms with Gasteiger partial charge in [0, 0.05) is 5.41 Å². The predicted molar refractivity (Wildman–Crippen MR) is 74.3 cm³/mol. The van der Waals surface area contributed by atoms with Crippen molar-refractivity contribution in [2.75, 3.05) is 20.1 Å². The third-order valence-electron chi connectivity index (χ3n) is 4.78. The molecular weight excluding hydrogens is 206 g/mol. The third kappa shape index (κ3) is 2.40. The Labute approximate surface area is 106 Å². The lowest BCUT2D eigenvalue weighted by Crippen LogP contribution is -2.44. The standard InChI is InChI=1S/C16H25N/c1-4-14(2)16(10-12-17(3)13-11-16)15-8-6-5-7-9-15/h5-9,14H,4,10-13H2,1-3H3. The molecule has 1 heteroatoms. The van der Waals surface area contributed by atoms with Gasteiger partial charge in [0.25, 0.3) is 0 Å². The number of piperidine rings is 1. The van der Waals surface area contributed by atoms with Gasteiger partial charge in [-0.3, -0.25) is 0 Å². The molecule has 1 unspecified atom stereocenters. The highest BCUT2D eigenvalue weighted by Gasteiger charge is 2.39. The number of rotatable bonds is 3. The normalized spacial score (nSPS) is 22.3. The van der Waals surface area contributed by atoms with Crippen molar-refractivity contribution in [3.8, 4) is 0 Å². The number of hydrogen-bond donors (Lipinski definition) is 0. The van der Waals surface area contributed by atoms with Crippen molar-refractivity contribution in [3.05, 3.63) is 35.9 Å². The van der Waals surface area contributed by atoms with Crippen LogP contribution >= 0.6 is 0 Å². The minimum Gasteiger partial charge on any atom is -0.306 e. The molecule has 1 aromatic carbocycles. The first-order valence-electron chi connectivity index (χ1n) is 6.93. The van der Waals surface area contributed by atoms with Gasteiger partial charge in [-0.1, -0.05) is 50.6 Å². The lowest BCUT2D eigenvalue weighted by atomic mass is 9.64. The van der Waals surface area contributed by atoms with Crippen LogP contribution in [0.5, 0.6) is 0 Å². The first-order valence-corrected chi connectivity index (χ1v) is 6.93. The van der Waals surface area contributed by atoms with E-state index in [1.165, 1.54) is 32.4 Å². The third-order valence-corrected chi connectivity index (χ3v) is 4.78. The zero-order valence-electron chi connectivity index (χ0n) is 11.4. The second-order valence-corrected chi connectivity index (χ2v) is 5.63. The number of likely N-dealkylation sites (tertiary alicyclic amines) is 1. The maximum absolute atomic E-state index is 2.46. The summed E-state index contributed by atoms with van der Waals surface area (Å²) in [5.41, 5.74) is 1.98. The summed E-state index contributed by atoms with van der Waals surface area (Å²) in [6.45, 7) is 7.23. The smallest absolute Gasteiger partial charge is 0.000278 e. The Balaban J connectivity index is 2.31. The SMILES string of the molecule is CCC(C)C1(c2ccccc2)CCN(C)CC1. The topological polar surface area (TPSA) is 3.24 Å². The van der Waals surface area contributed by atoms with Gasteiger partial charge in [0.05, 0.1) is 0 Å². The van der Waals surface area contributed by atoms with Crippen molar-refractivity contribution in [1.29, 1.82) is 0 Å². The van der Waals surface area contributed by atoms with Crippen molar-refractivity contribution in [2.24, 2.45) is 5.92 Å². The molecule has 1 saturated heterocycles. The first-order chi connectivity index (χ1) is 8.19. The Morgan fingerprint density at radius 2 is 1.76 bits per heavy atom. The molecule has 2 rings (SSSR count). The minimum absolute atomic E-state index is 0.419. The van der Waals surface area contributed by atoms with Gasteiger partial charge in [-0.2, -0.15) is 0 Å². The summed E-state index contributed by atoms with van der Waals surface area (Å²) < 4.78 is 0. The van der Waals surface area contributed by atoms with E-state index in [-0.39, 0.29) is 0 Å². The number of benzene rings is 1. The molecule has 1 fully saturated rings. The predicted octanol–water partition coefficient (Wildman–Crippen LogP) is 3.70. The van der Waals surface area contributed by atoms with Crippen LogP contribution in [0.25, 0.3) is 0 Å². The fourth-order valence-corrected chi connectivity index (χ4v) is 3.24. The van der Waals surface area contributed by atoms with E-state index in [1.54, 1.807) is 5.56 Å². The van der Waals surface area contributed by atoms with Crippen LogP contribution in [0.1, 0.15) is 38.7 Å². The molecular formula is C16H25N. The molecule has 0 amide bonds. The second-order valence-electron chi connectivity index (χ2n) is 5.63. The first kappa shape index (κ1) is 12.6. The largest absolute Gasteiger partial charge is 0.306 e. The number of hydrogen-bond acceptors (Lipinski definition) is 1. The summed E-state index contributed by atoms with van der Waals surface area (Å²) in [4.78, 5) is 2.46. The summed E-state index contributed by atoms with van der Waals surface area (Å²) in [5, 5.41) is 0. The molecule has 0 N–H and O–H groups in total. The van der Waals surface area contributed by atoms with E-state index in [4.69, 9.17) is 0 Å². The molecule has 0 aliphatic carbocycles. The van der Waals surface area contributed by atoms with Gasteiger partial charge >= 0.3 is 0 Å². The molecule has 0 bridgehead atoms. The zero-order chi connectivity index (χ0) is 12.3. The van der Waals surface area contributed by atoms with Gasteiger partial charge in [0.1, 0.15) is 0 Å². The molecule has 0 radical (unpaired) electrons. The fourth-order valence-electron chi connectivity index (χ4n) is 3.24. The highest BCUT2D eigenvalue weighted by Crippen LogP contribution is 2.42. The average molecular weight is 231 g/mol. The number of nitrogens with zero attached hydrogens (tertiary/aromatic N) is 1. The summed E-state index contributed by atoms with van der Waals surface area (Å²) in [5.74, 6) is 0.776. The maximum atomic E-state index is 2.46. The van der Waals surface area contributed by atoms with E-state index in [0.29, 0.717) is 5.41 Å². The molecule has 1 heterocycles. The van der Waals surface area contributed by atoms with Crippen LogP contribution < -0.4 is 0 Å². The molecule has 94 valence electrons. The van der Waals surface area contributed by atoms with Gasteiger partial charge in [0.2, 0.25) is 0 Å². The molecule has 1 aromatic rings. The van der Waals surface area contributed by atoms with Crippen LogP contribution in [-0.2, 0) is 5.41 Å². The van der Waals surface area contributed by atoms with Crippen LogP contribution in [0.15, 0.2) is 30.3 Å². The van der Waals surface area contributed by atoms with E-state index < -0.39 is 0 Å². The Morgan fingerprint density at radius 1 is 1.18 bits per heavy atom. The van der Waals surface area contributed by atoms with Gasteiger partial charge in [-0.05, 0) is 44.5 Å². The minimum atomic E-state index is 0.419. The van der Waals surface area contributed by atoms with Crippen LogP contribution in [0, 0.1) is 5.92 Å². The molecule has 1 atom stereocenters. The maximum Gasteiger partial charge on any atom is 0.000278 e. The van der Waals surface area contributed by atoms with Crippen molar-refractivity contribution >= 4 is 0 Å². The second kappa shape index (κ2) is 5.22. The Bertz CT molecular complexity index is 336. The van der Waals surface area contributed by atoms with E-state index in [2.05, 4.69) is 56.1 Å². The van der Waals surface area contributed by atoms with E-state index in [0.717, 1.165) is 5.92 Å². The van der Waals surface area contributed by atoms with Gasteiger partial charge in [-0.25, -0.2) is 0 Å². The average Bonchev–Trinajstić information content (AvgIpc) is 2.40. The van der Waals surface area contributed by atoms with Crippen LogP contribution in [0.3, 0.4) is 0 Å². The lowest BCUT2D eigenvalue weighted by Gasteiger charge is -2.45. The molecule has 0 saturated carbocycles. The zero-order valence-corrected chi connectivity index (χ0v) is 11.4. The molecule has 0 aromatic heterocycles. The van der Waals surface area contributed by atoms with Crippen LogP contribution in [0.4, 0.5) is 0 Å². The highest BCUT2D eigenvalue weighted by molar-refractivity contribution is 5.27. The van der Waals surface area contributed by atoms with E-state index in [1.807, 2.05) is 0 Å². The quantitative estimate of drug-likeness (QED) is 0.767. The van der Waals surface area contributed by atoms with Gasteiger partial charge in [-0.15, -0.1) is 0 Å². The summed E-state index contributed by atoms with van der Waals surface area (Å²) in [6.07, 6.45) is 3.89. The van der Waals surface area contributed by atoms with Crippen molar-refractivity contribution in [1.82, 2.24) is 4.90 Å². The van der Waals surface area contributed by atoms with Gasteiger partial charge < -0.3 is 4.90 Å². The Kier molecular flexibility index (Phi) is 3.88. The van der Waals surface area contributed by atoms with Crippen LogP contribution in [0.2, 0.25) is 0 Å². The Morgan fingerprint density at radius 3 is 2.29 bits per heavy atom.